The van der Waals surface area contributed by atoms with Crippen LogP contribution in [0.3, 0.4) is 0 Å². The molecule has 0 radical (unpaired) electrons. The predicted molar refractivity (Wildman–Crippen MR) is 55.6 cm³/mol. The summed E-state index contributed by atoms with van der Waals surface area (Å²) in [6.45, 7) is 6.01. The number of hydrogen-bond donors (Lipinski definition) is 3. The van der Waals surface area contributed by atoms with E-state index in [2.05, 4.69) is 11.9 Å². The molecule has 0 saturated carbocycles. The van der Waals surface area contributed by atoms with Crippen LogP contribution in [0.15, 0.2) is 36.6 Å². The summed E-state index contributed by atoms with van der Waals surface area (Å²) >= 11 is 0. The van der Waals surface area contributed by atoms with Crippen molar-refractivity contribution < 1.29 is 10.0 Å². The van der Waals surface area contributed by atoms with E-state index in [0.29, 0.717) is 6.54 Å². The van der Waals surface area contributed by atoms with Crippen molar-refractivity contribution in [1.29, 1.82) is 0 Å². The van der Waals surface area contributed by atoms with Crippen LogP contribution >= 0.6 is 0 Å². The van der Waals surface area contributed by atoms with Crippen LogP contribution in [0.1, 0.15) is 13.3 Å². The van der Waals surface area contributed by atoms with Crippen molar-refractivity contribution in [2.24, 2.45) is 0 Å². The molecule has 0 aromatic heterocycles. The van der Waals surface area contributed by atoms with Crippen molar-refractivity contribution in [3.8, 4) is 0 Å². The van der Waals surface area contributed by atoms with Crippen molar-refractivity contribution in [3.05, 3.63) is 36.6 Å². The van der Waals surface area contributed by atoms with E-state index in [9.17, 15) is 4.79 Å². The van der Waals surface area contributed by atoms with Gasteiger partial charge in [-0.25, -0.2) is 0 Å². The van der Waals surface area contributed by atoms with E-state index in [1.165, 1.54) is 6.20 Å². The lowest BCUT2D eigenvalue weighted by molar-refractivity contribution is -0.120. The van der Waals surface area contributed by atoms with Gasteiger partial charge in [0.05, 0.1) is 6.42 Å². The topological polar surface area (TPSA) is 61.4 Å². The third kappa shape index (κ3) is 6.02. The maximum Gasteiger partial charge on any atom is 0.224 e. The third-order valence-corrected chi connectivity index (χ3v) is 1.44. The molecule has 14 heavy (non-hydrogen) atoms. The van der Waals surface area contributed by atoms with Gasteiger partial charge in [0.2, 0.25) is 5.91 Å². The number of nitrogens with one attached hydrogen (secondary N) is 2. The fourth-order valence-corrected chi connectivity index (χ4v) is 0.914. The van der Waals surface area contributed by atoms with Crippen molar-refractivity contribution in [2.75, 3.05) is 6.54 Å². The number of amides is 1. The molecule has 0 aromatic rings. The molecule has 0 aliphatic carbocycles. The molecule has 0 bridgehead atoms. The van der Waals surface area contributed by atoms with Crippen LogP contribution in [0.5, 0.6) is 0 Å². The number of allylic oxidation sites excluding steroid dienone is 3. The normalized spacial score (nSPS) is 11.4. The molecule has 0 heterocycles. The van der Waals surface area contributed by atoms with E-state index in [1.54, 1.807) is 18.2 Å². The number of hydrogen-bond acceptors (Lipinski definition) is 3. The average molecular weight is 196 g/mol. The Morgan fingerprint density at radius 3 is 2.79 bits per heavy atom. The van der Waals surface area contributed by atoms with E-state index in [4.69, 9.17) is 5.21 Å². The summed E-state index contributed by atoms with van der Waals surface area (Å²) in [6, 6.07) is 0. The minimum Gasteiger partial charge on any atom is -0.356 e. The summed E-state index contributed by atoms with van der Waals surface area (Å²) < 4.78 is 0. The molecule has 0 aliphatic heterocycles. The Balaban J connectivity index is 4.23. The SMILES string of the molecule is C=C/C=C(\C=C/NO)CC(=O)NCC. The summed E-state index contributed by atoms with van der Waals surface area (Å²) in [6.07, 6.45) is 6.53. The van der Waals surface area contributed by atoms with Gasteiger partial charge in [0.15, 0.2) is 0 Å². The van der Waals surface area contributed by atoms with Crippen molar-refractivity contribution >= 4 is 5.91 Å². The maximum absolute atomic E-state index is 11.2. The van der Waals surface area contributed by atoms with Gasteiger partial charge in [-0.2, -0.15) is 0 Å². The quantitative estimate of drug-likeness (QED) is 0.440. The van der Waals surface area contributed by atoms with Crippen LogP contribution in [0.25, 0.3) is 0 Å². The second-order valence-electron chi connectivity index (χ2n) is 2.57. The van der Waals surface area contributed by atoms with Crippen LogP contribution < -0.4 is 10.8 Å². The zero-order chi connectivity index (χ0) is 10.8. The molecule has 0 spiro atoms. The van der Waals surface area contributed by atoms with Crippen LogP contribution in [0.4, 0.5) is 0 Å². The molecule has 0 aromatic carbocycles. The van der Waals surface area contributed by atoms with Gasteiger partial charge in [-0.05, 0) is 18.6 Å². The van der Waals surface area contributed by atoms with Gasteiger partial charge in [0, 0.05) is 12.7 Å². The summed E-state index contributed by atoms with van der Waals surface area (Å²) in [5.74, 6) is -0.0526. The summed E-state index contributed by atoms with van der Waals surface area (Å²) in [5.41, 5.74) is 2.65. The first-order chi connectivity index (χ1) is 6.74. The van der Waals surface area contributed by atoms with Crippen LogP contribution in [-0.2, 0) is 4.79 Å². The standard InChI is InChI=1S/C10H16N2O2/c1-3-5-9(6-7-12-14)8-10(13)11-4-2/h3,5-7,12,14H,1,4,8H2,2H3,(H,11,13)/b7-6-,9-5+. The van der Waals surface area contributed by atoms with Gasteiger partial charge in [-0.15, -0.1) is 0 Å². The minimum atomic E-state index is -0.0526. The highest BCUT2D eigenvalue weighted by Crippen LogP contribution is 2.03. The highest BCUT2D eigenvalue weighted by atomic mass is 16.5. The number of carbonyl (C=O) groups is 1. The maximum atomic E-state index is 11.2. The van der Waals surface area contributed by atoms with Crippen LogP contribution in [-0.4, -0.2) is 17.7 Å². The third-order valence-electron chi connectivity index (χ3n) is 1.44. The molecule has 78 valence electrons. The Bertz CT molecular complexity index is 245. The molecule has 0 atom stereocenters. The Hall–Kier alpha value is -1.55. The van der Waals surface area contributed by atoms with E-state index >= 15 is 0 Å². The molecule has 0 fully saturated rings. The molecular formula is C10H16N2O2. The zero-order valence-corrected chi connectivity index (χ0v) is 8.29. The average Bonchev–Trinajstić information content (AvgIpc) is 2.15. The Labute approximate surface area is 84.0 Å². The Morgan fingerprint density at radius 2 is 2.29 bits per heavy atom. The summed E-state index contributed by atoms with van der Waals surface area (Å²) in [5, 5.41) is 11.0. The number of rotatable bonds is 6. The zero-order valence-electron chi connectivity index (χ0n) is 8.29. The molecular weight excluding hydrogens is 180 g/mol. The molecule has 0 unspecified atom stereocenters. The van der Waals surface area contributed by atoms with Gasteiger partial charge in [-0.3, -0.25) is 15.5 Å². The largest absolute Gasteiger partial charge is 0.356 e. The smallest absolute Gasteiger partial charge is 0.224 e. The number of hydroxylamine groups is 1. The lowest BCUT2D eigenvalue weighted by Crippen LogP contribution is -2.22. The second-order valence-corrected chi connectivity index (χ2v) is 2.57. The summed E-state index contributed by atoms with van der Waals surface area (Å²) in [7, 11) is 0. The van der Waals surface area contributed by atoms with Gasteiger partial charge >= 0.3 is 0 Å². The number of carbonyl (C=O) groups excluding carboxylic acids is 1. The molecule has 4 heteroatoms. The van der Waals surface area contributed by atoms with Crippen LogP contribution in [0.2, 0.25) is 0 Å². The first-order valence-corrected chi connectivity index (χ1v) is 4.39. The van der Waals surface area contributed by atoms with Crippen molar-refractivity contribution in [3.63, 3.8) is 0 Å². The fraction of sp³-hybridized carbons (Fsp3) is 0.300. The van der Waals surface area contributed by atoms with Crippen molar-refractivity contribution in [1.82, 2.24) is 10.8 Å². The molecule has 1 amide bonds. The Morgan fingerprint density at radius 1 is 1.57 bits per heavy atom. The van der Waals surface area contributed by atoms with E-state index < -0.39 is 0 Å². The van der Waals surface area contributed by atoms with Gasteiger partial charge in [0.1, 0.15) is 0 Å². The van der Waals surface area contributed by atoms with Gasteiger partial charge in [0.25, 0.3) is 0 Å². The lowest BCUT2D eigenvalue weighted by Gasteiger charge is -2.02. The van der Waals surface area contributed by atoms with E-state index in [-0.39, 0.29) is 12.3 Å². The fourth-order valence-electron chi connectivity index (χ4n) is 0.914. The molecule has 0 aliphatic rings. The van der Waals surface area contributed by atoms with Crippen molar-refractivity contribution in [2.45, 2.75) is 13.3 Å². The Kier molecular flexibility index (Phi) is 7.17. The van der Waals surface area contributed by atoms with E-state index in [0.717, 1.165) is 5.57 Å². The molecule has 3 N–H and O–H groups in total. The monoisotopic (exact) mass is 196 g/mol. The summed E-state index contributed by atoms with van der Waals surface area (Å²) in [4.78, 5) is 11.2. The minimum absolute atomic E-state index is 0.0526. The molecule has 0 saturated heterocycles. The van der Waals surface area contributed by atoms with Gasteiger partial charge in [-0.1, -0.05) is 18.7 Å². The predicted octanol–water partition coefficient (Wildman–Crippen LogP) is 1.12. The van der Waals surface area contributed by atoms with E-state index in [1.807, 2.05) is 12.4 Å². The highest BCUT2D eigenvalue weighted by Gasteiger charge is 2.00. The molecule has 0 rings (SSSR count). The first kappa shape index (κ1) is 12.4. The van der Waals surface area contributed by atoms with Gasteiger partial charge < -0.3 is 5.32 Å². The second kappa shape index (κ2) is 8.07. The first-order valence-electron chi connectivity index (χ1n) is 4.39. The lowest BCUT2D eigenvalue weighted by atomic mass is 10.1. The van der Waals surface area contributed by atoms with Crippen LogP contribution in [0, 0.1) is 0 Å². The molecule has 4 nitrogen and oxygen atoms in total. The highest BCUT2D eigenvalue weighted by molar-refractivity contribution is 5.79.